The van der Waals surface area contributed by atoms with Crippen LogP contribution in [0.2, 0.25) is 5.02 Å². The Labute approximate surface area is 121 Å². The van der Waals surface area contributed by atoms with Crippen molar-refractivity contribution in [1.29, 1.82) is 0 Å². The number of halogens is 4. The summed E-state index contributed by atoms with van der Waals surface area (Å²) in [5.74, 6) is -0.535. The van der Waals surface area contributed by atoms with E-state index in [-0.39, 0.29) is 56.4 Å². The first kappa shape index (κ1) is 13.7. The van der Waals surface area contributed by atoms with Crippen LogP contribution in [-0.4, -0.2) is 12.0 Å². The van der Waals surface area contributed by atoms with Crippen molar-refractivity contribution in [1.82, 2.24) is 4.98 Å². The summed E-state index contributed by atoms with van der Waals surface area (Å²) >= 11 is 5.31. The number of nitrogen functional groups attached to an aromatic ring is 1. The second-order valence-electron chi connectivity index (χ2n) is 2.20. The van der Waals surface area contributed by atoms with Gasteiger partial charge in [-0.05, 0) is 0 Å². The van der Waals surface area contributed by atoms with Gasteiger partial charge in [-0.1, -0.05) is 23.1 Å². The van der Waals surface area contributed by atoms with Crippen molar-refractivity contribution in [3.8, 4) is 0 Å². The van der Waals surface area contributed by atoms with Gasteiger partial charge < -0.3 is 18.7 Å². The molecule has 0 spiro atoms. The van der Waals surface area contributed by atoms with Crippen LogP contribution in [0.15, 0.2) is 12.3 Å². The number of nitrogens with two attached hydrogens (primary N) is 1. The molecule has 1 rings (SSSR count). The van der Waals surface area contributed by atoms with Crippen molar-refractivity contribution in [3.05, 3.63) is 17.3 Å². The predicted octanol–water partition coefficient (Wildman–Crippen LogP) is -1.62. The molecule has 2 nitrogen and oxygen atoms in total. The molecule has 0 aliphatic heterocycles. The Morgan fingerprint density at radius 3 is 2.31 bits per heavy atom. The zero-order chi connectivity index (χ0) is 9.35. The zero-order valence-electron chi connectivity index (χ0n) is 6.77. The van der Waals surface area contributed by atoms with Gasteiger partial charge >= 0.3 is 58.4 Å². The first-order chi connectivity index (χ1) is 5.41. The summed E-state index contributed by atoms with van der Waals surface area (Å²) in [5.41, 5.74) is 4.06. The number of hydrogen-bond donors (Lipinski definition) is 1. The Balaban J connectivity index is 0.00000144. The Hall–Kier alpha value is 0.731. The average molecular weight is 234 g/mol. The van der Waals surface area contributed by atoms with Crippen LogP contribution in [0.1, 0.15) is 0 Å². The topological polar surface area (TPSA) is 38.9 Å². The Kier molecular flexibility index (Phi) is 5.27. The summed E-state index contributed by atoms with van der Waals surface area (Å²) < 4.78 is 36.3. The smallest absolute Gasteiger partial charge is 0.445 e. The Morgan fingerprint density at radius 2 is 1.92 bits per heavy atom. The van der Waals surface area contributed by atoms with Crippen molar-refractivity contribution in [2.24, 2.45) is 0 Å². The third-order valence-corrected chi connectivity index (χ3v) is 1.48. The van der Waals surface area contributed by atoms with Crippen molar-refractivity contribution in [2.45, 2.75) is 0 Å². The first-order valence-electron chi connectivity index (χ1n) is 3.02. The fourth-order valence-electron chi connectivity index (χ4n) is 0.728. The summed E-state index contributed by atoms with van der Waals surface area (Å²) in [6, 6.07) is 0.768. The minimum Gasteiger partial charge on any atom is -0.445 e. The number of pyridine rings is 1. The van der Waals surface area contributed by atoms with E-state index in [0.29, 0.717) is 0 Å². The number of rotatable bonds is 1. The molecule has 0 aromatic carbocycles. The van der Waals surface area contributed by atoms with Crippen LogP contribution in [0, 0.1) is 0 Å². The van der Waals surface area contributed by atoms with Gasteiger partial charge in [-0.25, -0.2) is 4.98 Å². The van der Waals surface area contributed by atoms with E-state index in [4.69, 9.17) is 17.3 Å². The van der Waals surface area contributed by atoms with E-state index >= 15 is 0 Å². The molecule has 0 atom stereocenters. The summed E-state index contributed by atoms with van der Waals surface area (Å²) in [4.78, 5) is 3.29. The third kappa shape index (κ3) is 3.77. The molecule has 0 amide bonds. The van der Waals surface area contributed by atoms with E-state index in [9.17, 15) is 12.9 Å². The summed E-state index contributed by atoms with van der Waals surface area (Å²) in [6.07, 6.45) is 1.07. The summed E-state index contributed by atoms with van der Waals surface area (Å²) in [7, 11) is 0. The molecule has 0 saturated heterocycles. The predicted molar refractivity (Wildman–Crippen MR) is 42.4 cm³/mol. The molecule has 8 heteroatoms. The normalized spacial score (nSPS) is 10.8. The maximum absolute atomic E-state index is 12.1. The van der Waals surface area contributed by atoms with Crippen molar-refractivity contribution < 1.29 is 64.3 Å². The average Bonchev–Trinajstić information content (AvgIpc) is 1.92. The maximum atomic E-state index is 12.1. The minimum atomic E-state index is -5.12. The molecule has 1 heterocycles. The van der Waals surface area contributed by atoms with Gasteiger partial charge in [0, 0.05) is 6.20 Å². The zero-order valence-corrected chi connectivity index (χ0v) is 10.6. The van der Waals surface area contributed by atoms with Crippen LogP contribution in [0.4, 0.5) is 18.8 Å². The Morgan fingerprint density at radius 1 is 1.38 bits per heavy atom. The second kappa shape index (κ2) is 4.99. The fourth-order valence-corrected chi connectivity index (χ4v) is 0.894. The van der Waals surface area contributed by atoms with E-state index in [2.05, 4.69) is 4.98 Å². The maximum Gasteiger partial charge on any atom is 1.00 e. The summed E-state index contributed by atoms with van der Waals surface area (Å²) in [6.45, 7) is -5.12. The van der Waals surface area contributed by atoms with Crippen LogP contribution in [0.25, 0.3) is 0 Å². The van der Waals surface area contributed by atoms with Gasteiger partial charge in [0.25, 0.3) is 0 Å². The van der Waals surface area contributed by atoms with Crippen LogP contribution < -0.4 is 62.6 Å². The van der Waals surface area contributed by atoms with Crippen LogP contribution in [-0.2, 0) is 0 Å². The number of aromatic nitrogens is 1. The number of nitrogens with zero attached hydrogens (tertiary/aromatic N) is 1. The quantitative estimate of drug-likeness (QED) is 0.593. The van der Waals surface area contributed by atoms with Gasteiger partial charge in [-0.15, -0.1) is 0 Å². The molecule has 1 aromatic rings. The van der Waals surface area contributed by atoms with Gasteiger partial charge in [0.2, 0.25) is 0 Å². The van der Waals surface area contributed by atoms with Gasteiger partial charge in [-0.2, -0.15) is 0 Å². The molecule has 2 N–H and O–H groups in total. The summed E-state index contributed by atoms with van der Waals surface area (Å²) in [5, 5.41) is -0.0709. The molecule has 0 saturated carbocycles. The molecule has 0 unspecified atom stereocenters. The fraction of sp³-hybridized carbons (Fsp3) is 0. The number of anilines is 1. The minimum absolute atomic E-state index is 0. The van der Waals surface area contributed by atoms with Crippen molar-refractivity contribution in [3.63, 3.8) is 0 Å². The molecule has 1 aromatic heterocycles. The molecule has 13 heavy (non-hydrogen) atoms. The van der Waals surface area contributed by atoms with Gasteiger partial charge in [0.05, 0.1) is 10.8 Å². The SMILES string of the molecule is Nc1ncc(Cl)cc1[B-](F)(F)F.[K+]. The second-order valence-corrected chi connectivity index (χ2v) is 2.64. The molecule has 0 fully saturated rings. The van der Waals surface area contributed by atoms with Crippen LogP contribution in [0.5, 0.6) is 0 Å². The third-order valence-electron chi connectivity index (χ3n) is 1.27. The monoisotopic (exact) mass is 234 g/mol. The molecule has 0 aliphatic rings. The van der Waals surface area contributed by atoms with Gasteiger partial charge in [0.15, 0.2) is 0 Å². The Bertz CT molecular complexity index is 306. The van der Waals surface area contributed by atoms with Gasteiger partial charge in [-0.3, -0.25) is 0 Å². The molecule has 66 valence electrons. The van der Waals surface area contributed by atoms with E-state index in [0.717, 1.165) is 12.3 Å². The molecular weight excluding hydrogens is 230 g/mol. The molecule has 0 bridgehead atoms. The molecule has 0 radical (unpaired) electrons. The van der Waals surface area contributed by atoms with Crippen molar-refractivity contribution >= 4 is 29.9 Å². The first-order valence-corrected chi connectivity index (χ1v) is 3.40. The van der Waals surface area contributed by atoms with Crippen LogP contribution in [0.3, 0.4) is 0 Å². The largest absolute Gasteiger partial charge is 1.00 e. The van der Waals surface area contributed by atoms with E-state index in [1.54, 1.807) is 0 Å². The standard InChI is InChI=1S/C5H4BClF3N2.K/c7-3-1-4(6(8,9)10)5(11)12-2-3;/h1-2H,(H2,11,12);/q-1;+1. The molecule has 0 aliphatic carbocycles. The molecular formula is C5H4BClF3KN2. The van der Waals surface area contributed by atoms with E-state index in [1.807, 2.05) is 0 Å². The van der Waals surface area contributed by atoms with E-state index < -0.39 is 18.3 Å². The van der Waals surface area contributed by atoms with Crippen LogP contribution >= 0.6 is 11.6 Å². The van der Waals surface area contributed by atoms with Crippen molar-refractivity contribution in [2.75, 3.05) is 5.73 Å². The number of hydrogen-bond acceptors (Lipinski definition) is 2. The van der Waals surface area contributed by atoms with E-state index in [1.165, 1.54) is 0 Å². The van der Waals surface area contributed by atoms with Gasteiger partial charge in [0.1, 0.15) is 0 Å².